The maximum atomic E-state index is 12.5. The van der Waals surface area contributed by atoms with Crippen molar-refractivity contribution in [2.24, 2.45) is 0 Å². The van der Waals surface area contributed by atoms with Crippen molar-refractivity contribution in [1.82, 2.24) is 15.3 Å². The maximum Gasteiger partial charge on any atom is 0.267 e. The Balaban J connectivity index is 1.51. The summed E-state index contributed by atoms with van der Waals surface area (Å²) in [6.45, 7) is 4.07. The monoisotopic (exact) mass is 383 g/mol. The van der Waals surface area contributed by atoms with Crippen LogP contribution in [0.1, 0.15) is 43.2 Å². The van der Waals surface area contributed by atoms with Crippen LogP contribution in [0.25, 0.3) is 12.2 Å². The molecule has 2 saturated heterocycles. The van der Waals surface area contributed by atoms with Gasteiger partial charge in [0, 0.05) is 31.3 Å². The van der Waals surface area contributed by atoms with Gasteiger partial charge in [-0.1, -0.05) is 24.6 Å². The van der Waals surface area contributed by atoms with Gasteiger partial charge >= 0.3 is 0 Å². The molecule has 1 aromatic rings. The van der Waals surface area contributed by atoms with Crippen LogP contribution in [-0.2, 0) is 9.59 Å². The van der Waals surface area contributed by atoms with E-state index in [1.165, 1.54) is 38.4 Å². The molecule has 0 unspecified atom stereocenters. The Labute approximate surface area is 166 Å². The quantitative estimate of drug-likeness (QED) is 0.466. The zero-order chi connectivity index (χ0) is 19.8. The molecule has 0 bridgehead atoms. The molecule has 0 aromatic heterocycles. The standard InChI is InChI=1S/C22H29N3O3/c26-21(23-28)9-7-18-5-4-6-19(17-18)8-10-22(27)25-15-11-20(12-16-25)24-13-2-1-3-14-24/h4-10,17,20,28H,1-3,11-16H2,(H,23,26)/b9-7+,10-8+. The van der Waals surface area contributed by atoms with E-state index in [1.54, 1.807) is 17.6 Å². The fraction of sp³-hybridized carbons (Fsp3) is 0.455. The Bertz CT molecular complexity index is 730. The minimum absolute atomic E-state index is 0.0534. The Hall–Kier alpha value is -2.44. The molecule has 2 fully saturated rings. The fourth-order valence-electron chi connectivity index (χ4n) is 3.98. The van der Waals surface area contributed by atoms with Crippen LogP contribution in [0, 0.1) is 0 Å². The molecule has 2 N–H and O–H groups in total. The molecular formula is C22H29N3O3. The molecular weight excluding hydrogens is 354 g/mol. The lowest BCUT2D eigenvalue weighted by Crippen LogP contribution is -2.47. The summed E-state index contributed by atoms with van der Waals surface area (Å²) in [6, 6.07) is 8.15. The highest BCUT2D eigenvalue weighted by molar-refractivity contribution is 5.92. The second kappa shape index (κ2) is 10.2. The van der Waals surface area contributed by atoms with Crippen LogP contribution in [0.2, 0.25) is 0 Å². The van der Waals surface area contributed by atoms with Gasteiger partial charge in [0.25, 0.3) is 5.91 Å². The number of rotatable bonds is 5. The van der Waals surface area contributed by atoms with Crippen molar-refractivity contribution in [3.63, 3.8) is 0 Å². The number of likely N-dealkylation sites (tertiary alicyclic amines) is 2. The van der Waals surface area contributed by atoms with Crippen LogP contribution in [0.15, 0.2) is 36.4 Å². The molecule has 0 aliphatic carbocycles. The van der Waals surface area contributed by atoms with Gasteiger partial charge in [-0.2, -0.15) is 0 Å². The van der Waals surface area contributed by atoms with Crippen molar-refractivity contribution >= 4 is 24.0 Å². The van der Waals surface area contributed by atoms with Gasteiger partial charge in [-0.15, -0.1) is 0 Å². The fourth-order valence-corrected chi connectivity index (χ4v) is 3.98. The number of piperidine rings is 2. The van der Waals surface area contributed by atoms with E-state index in [-0.39, 0.29) is 5.91 Å². The van der Waals surface area contributed by atoms with Crippen LogP contribution in [0.5, 0.6) is 0 Å². The number of nitrogens with one attached hydrogen (secondary N) is 1. The molecule has 2 amide bonds. The van der Waals surface area contributed by atoms with Crippen molar-refractivity contribution in [1.29, 1.82) is 0 Å². The highest BCUT2D eigenvalue weighted by Gasteiger charge is 2.26. The molecule has 6 heteroatoms. The number of amides is 2. The molecule has 0 radical (unpaired) electrons. The lowest BCUT2D eigenvalue weighted by atomic mass is 10.00. The van der Waals surface area contributed by atoms with E-state index >= 15 is 0 Å². The number of nitrogens with zero attached hydrogens (tertiary/aromatic N) is 2. The largest absolute Gasteiger partial charge is 0.339 e. The van der Waals surface area contributed by atoms with Gasteiger partial charge in [-0.05, 0) is 68.1 Å². The zero-order valence-electron chi connectivity index (χ0n) is 16.2. The van der Waals surface area contributed by atoms with E-state index < -0.39 is 5.91 Å². The average Bonchev–Trinajstić information content (AvgIpc) is 2.76. The first-order valence-corrected chi connectivity index (χ1v) is 10.1. The van der Waals surface area contributed by atoms with Gasteiger partial charge in [0.05, 0.1) is 0 Å². The van der Waals surface area contributed by atoms with Crippen LogP contribution >= 0.6 is 0 Å². The first-order chi connectivity index (χ1) is 13.7. The van der Waals surface area contributed by atoms with Crippen LogP contribution in [-0.4, -0.2) is 59.0 Å². The summed E-state index contributed by atoms with van der Waals surface area (Å²) >= 11 is 0. The number of benzene rings is 1. The molecule has 1 aromatic carbocycles. The summed E-state index contributed by atoms with van der Waals surface area (Å²) in [5, 5.41) is 8.52. The molecule has 0 saturated carbocycles. The molecule has 0 spiro atoms. The minimum Gasteiger partial charge on any atom is -0.339 e. The summed E-state index contributed by atoms with van der Waals surface area (Å²) in [5.74, 6) is -0.526. The molecule has 2 aliphatic heterocycles. The molecule has 28 heavy (non-hydrogen) atoms. The Kier molecular flexibility index (Phi) is 7.39. The van der Waals surface area contributed by atoms with Crippen LogP contribution in [0.3, 0.4) is 0 Å². The van der Waals surface area contributed by atoms with Gasteiger partial charge in [-0.3, -0.25) is 14.8 Å². The van der Waals surface area contributed by atoms with E-state index in [2.05, 4.69) is 4.90 Å². The van der Waals surface area contributed by atoms with Crippen molar-refractivity contribution in [3.05, 3.63) is 47.5 Å². The summed E-state index contributed by atoms with van der Waals surface area (Å²) in [6.07, 6.45) is 12.4. The second-order valence-corrected chi connectivity index (χ2v) is 7.47. The Morgan fingerprint density at radius 3 is 2.25 bits per heavy atom. The van der Waals surface area contributed by atoms with Gasteiger partial charge in [0.1, 0.15) is 0 Å². The predicted molar refractivity (Wildman–Crippen MR) is 109 cm³/mol. The lowest BCUT2D eigenvalue weighted by Gasteiger charge is -2.40. The number of carbonyl (C=O) groups is 2. The highest BCUT2D eigenvalue weighted by Crippen LogP contribution is 2.21. The minimum atomic E-state index is -0.580. The number of carbonyl (C=O) groups excluding carboxylic acids is 2. The summed E-state index contributed by atoms with van der Waals surface area (Å²) in [7, 11) is 0. The normalized spacial score (nSPS) is 19.4. The van der Waals surface area contributed by atoms with Gasteiger partial charge in [-0.25, -0.2) is 5.48 Å². The Morgan fingerprint density at radius 1 is 0.964 bits per heavy atom. The number of hydroxylamine groups is 1. The van der Waals surface area contributed by atoms with Crippen molar-refractivity contribution in [2.45, 2.75) is 38.1 Å². The smallest absolute Gasteiger partial charge is 0.267 e. The molecule has 6 nitrogen and oxygen atoms in total. The van der Waals surface area contributed by atoms with E-state index in [9.17, 15) is 9.59 Å². The molecule has 3 rings (SSSR count). The SMILES string of the molecule is O=C(/C=C/c1cccc(/C=C/C(=O)N2CCC(N3CCCCC3)CC2)c1)NO. The van der Waals surface area contributed by atoms with E-state index in [1.807, 2.05) is 35.2 Å². The van der Waals surface area contributed by atoms with Crippen molar-refractivity contribution in [2.75, 3.05) is 26.2 Å². The Morgan fingerprint density at radius 2 is 1.61 bits per heavy atom. The molecule has 2 aliphatic rings. The second-order valence-electron chi connectivity index (χ2n) is 7.47. The van der Waals surface area contributed by atoms with Crippen molar-refractivity contribution in [3.8, 4) is 0 Å². The molecule has 0 atom stereocenters. The van der Waals surface area contributed by atoms with Crippen LogP contribution < -0.4 is 5.48 Å². The molecule has 2 heterocycles. The van der Waals surface area contributed by atoms with Gasteiger partial charge < -0.3 is 9.80 Å². The lowest BCUT2D eigenvalue weighted by molar-refractivity contribution is -0.127. The highest BCUT2D eigenvalue weighted by atomic mass is 16.5. The number of hydrogen-bond acceptors (Lipinski definition) is 4. The zero-order valence-corrected chi connectivity index (χ0v) is 16.2. The first kappa shape index (κ1) is 20.3. The van der Waals surface area contributed by atoms with Gasteiger partial charge in [0.15, 0.2) is 0 Å². The average molecular weight is 383 g/mol. The summed E-state index contributed by atoms with van der Waals surface area (Å²) in [4.78, 5) is 28.1. The summed E-state index contributed by atoms with van der Waals surface area (Å²) in [5.41, 5.74) is 3.27. The van der Waals surface area contributed by atoms with E-state index in [0.29, 0.717) is 6.04 Å². The number of hydrogen-bond donors (Lipinski definition) is 2. The maximum absolute atomic E-state index is 12.5. The third kappa shape index (κ3) is 5.78. The first-order valence-electron chi connectivity index (χ1n) is 10.1. The summed E-state index contributed by atoms with van der Waals surface area (Å²) < 4.78 is 0. The van der Waals surface area contributed by atoms with E-state index in [4.69, 9.17) is 5.21 Å². The van der Waals surface area contributed by atoms with Crippen LogP contribution in [0.4, 0.5) is 0 Å². The van der Waals surface area contributed by atoms with E-state index in [0.717, 1.165) is 37.1 Å². The third-order valence-corrected chi connectivity index (χ3v) is 5.55. The third-order valence-electron chi connectivity index (χ3n) is 5.55. The predicted octanol–water partition coefficient (Wildman–Crippen LogP) is 2.70. The van der Waals surface area contributed by atoms with Gasteiger partial charge in [0.2, 0.25) is 5.91 Å². The van der Waals surface area contributed by atoms with Crippen molar-refractivity contribution < 1.29 is 14.8 Å². The molecule has 150 valence electrons. The topological polar surface area (TPSA) is 72.9 Å².